The smallest absolute Gasteiger partial charge is 0.0702 e. The molecular weight excluding hydrogens is 234 g/mol. The van der Waals surface area contributed by atoms with Gasteiger partial charge < -0.3 is 9.67 Å². The zero-order chi connectivity index (χ0) is 13.2. The zero-order valence-electron chi connectivity index (χ0n) is 11.0. The van der Waals surface area contributed by atoms with Crippen molar-refractivity contribution in [3.8, 4) is 0 Å². The topological polar surface area (TPSA) is 25.2 Å². The fourth-order valence-corrected chi connectivity index (χ4v) is 2.49. The Balaban J connectivity index is 2.03. The van der Waals surface area contributed by atoms with Crippen LogP contribution in [0.2, 0.25) is 0 Å². The van der Waals surface area contributed by atoms with E-state index in [-0.39, 0.29) is 6.61 Å². The third-order valence-corrected chi connectivity index (χ3v) is 3.52. The fourth-order valence-electron chi connectivity index (χ4n) is 2.49. The van der Waals surface area contributed by atoms with Crippen molar-refractivity contribution in [3.05, 3.63) is 71.4 Å². The summed E-state index contributed by atoms with van der Waals surface area (Å²) in [6, 6.07) is 16.7. The van der Waals surface area contributed by atoms with Gasteiger partial charge in [-0.25, -0.2) is 0 Å². The highest BCUT2D eigenvalue weighted by molar-refractivity contribution is 5.83. The van der Waals surface area contributed by atoms with E-state index in [1.54, 1.807) is 0 Å². The quantitative estimate of drug-likeness (QED) is 0.757. The maximum atomic E-state index is 9.47. The van der Waals surface area contributed by atoms with E-state index in [9.17, 15) is 5.11 Å². The van der Waals surface area contributed by atoms with E-state index < -0.39 is 0 Å². The summed E-state index contributed by atoms with van der Waals surface area (Å²) < 4.78 is 2.20. The molecule has 1 aromatic heterocycles. The summed E-state index contributed by atoms with van der Waals surface area (Å²) in [7, 11) is 0. The predicted molar refractivity (Wildman–Crippen MR) is 78.1 cm³/mol. The van der Waals surface area contributed by atoms with Crippen LogP contribution in [0.4, 0.5) is 0 Å². The largest absolute Gasteiger partial charge is 0.392 e. The van der Waals surface area contributed by atoms with Gasteiger partial charge >= 0.3 is 0 Å². The lowest BCUT2D eigenvalue weighted by Crippen LogP contribution is -2.00. The van der Waals surface area contributed by atoms with E-state index in [1.165, 1.54) is 16.5 Å². The summed E-state index contributed by atoms with van der Waals surface area (Å²) in [6.07, 6.45) is 2.09. The lowest BCUT2D eigenvalue weighted by molar-refractivity contribution is 0.283. The molecule has 0 unspecified atom stereocenters. The number of aliphatic hydroxyl groups is 1. The molecule has 1 N–H and O–H groups in total. The number of aryl methyl sites for hydroxylation is 1. The molecule has 0 saturated heterocycles. The molecule has 0 radical (unpaired) electrons. The third kappa shape index (κ3) is 2.27. The van der Waals surface area contributed by atoms with Crippen molar-refractivity contribution in [1.82, 2.24) is 4.57 Å². The first-order valence-electron chi connectivity index (χ1n) is 6.51. The Kier molecular flexibility index (Phi) is 3.10. The molecule has 2 nitrogen and oxygen atoms in total. The van der Waals surface area contributed by atoms with Crippen LogP contribution in [0.1, 0.15) is 16.7 Å². The molecule has 3 aromatic rings. The average Bonchev–Trinajstić information content (AvgIpc) is 2.85. The van der Waals surface area contributed by atoms with Crippen molar-refractivity contribution in [3.63, 3.8) is 0 Å². The molecule has 0 aliphatic carbocycles. The molecule has 0 aliphatic heterocycles. The number of para-hydroxylation sites is 1. The maximum Gasteiger partial charge on any atom is 0.0702 e. The molecular formula is C17H17NO. The highest BCUT2D eigenvalue weighted by atomic mass is 16.3. The molecule has 0 atom stereocenters. The Hall–Kier alpha value is -2.06. The standard InChI is InChI=1S/C17H17NO/c1-13-5-7-14(8-6-13)11-18-10-9-15-3-2-4-16(12-19)17(15)18/h2-10,19H,11-12H2,1H3. The Bertz CT molecular complexity index is 695. The van der Waals surface area contributed by atoms with Crippen LogP contribution in [-0.4, -0.2) is 9.67 Å². The molecule has 2 heteroatoms. The van der Waals surface area contributed by atoms with Crippen molar-refractivity contribution in [2.75, 3.05) is 0 Å². The number of aliphatic hydroxyl groups excluding tert-OH is 1. The van der Waals surface area contributed by atoms with E-state index in [0.29, 0.717) is 0 Å². The van der Waals surface area contributed by atoms with Crippen LogP contribution in [0, 0.1) is 6.92 Å². The number of rotatable bonds is 3. The molecule has 96 valence electrons. The van der Waals surface area contributed by atoms with E-state index in [4.69, 9.17) is 0 Å². The molecule has 0 aliphatic rings. The predicted octanol–water partition coefficient (Wildman–Crippen LogP) is 3.49. The highest BCUT2D eigenvalue weighted by Gasteiger charge is 2.06. The highest BCUT2D eigenvalue weighted by Crippen LogP contribution is 2.21. The minimum Gasteiger partial charge on any atom is -0.392 e. The molecule has 0 fully saturated rings. The third-order valence-electron chi connectivity index (χ3n) is 3.52. The Morgan fingerprint density at radius 2 is 1.79 bits per heavy atom. The number of fused-ring (bicyclic) bond motifs is 1. The summed E-state index contributed by atoms with van der Waals surface area (Å²) in [5.74, 6) is 0. The van der Waals surface area contributed by atoms with Gasteiger partial charge in [-0.05, 0) is 23.9 Å². The molecule has 0 bridgehead atoms. The molecule has 1 heterocycles. The van der Waals surface area contributed by atoms with Gasteiger partial charge in [-0.1, -0.05) is 48.0 Å². The van der Waals surface area contributed by atoms with E-state index in [0.717, 1.165) is 17.6 Å². The van der Waals surface area contributed by atoms with Gasteiger partial charge in [0.25, 0.3) is 0 Å². The van der Waals surface area contributed by atoms with Crippen molar-refractivity contribution in [2.24, 2.45) is 0 Å². The Morgan fingerprint density at radius 3 is 2.53 bits per heavy atom. The minimum absolute atomic E-state index is 0.0786. The molecule has 0 saturated carbocycles. The van der Waals surface area contributed by atoms with Crippen molar-refractivity contribution in [1.29, 1.82) is 0 Å². The number of nitrogens with zero attached hydrogens (tertiary/aromatic N) is 1. The van der Waals surface area contributed by atoms with Crippen molar-refractivity contribution in [2.45, 2.75) is 20.1 Å². The van der Waals surface area contributed by atoms with E-state index in [2.05, 4.69) is 54.1 Å². The minimum atomic E-state index is 0.0786. The summed E-state index contributed by atoms with van der Waals surface area (Å²) in [4.78, 5) is 0. The molecule has 0 spiro atoms. The molecule has 3 rings (SSSR count). The van der Waals surface area contributed by atoms with Crippen LogP contribution in [0.5, 0.6) is 0 Å². The SMILES string of the molecule is Cc1ccc(Cn2ccc3cccc(CO)c32)cc1. The number of aromatic nitrogens is 1. The maximum absolute atomic E-state index is 9.47. The van der Waals surface area contributed by atoms with Crippen LogP contribution in [0.15, 0.2) is 54.7 Å². The summed E-state index contributed by atoms with van der Waals surface area (Å²) >= 11 is 0. The average molecular weight is 251 g/mol. The van der Waals surface area contributed by atoms with Gasteiger partial charge in [0.05, 0.1) is 12.1 Å². The monoisotopic (exact) mass is 251 g/mol. The van der Waals surface area contributed by atoms with Gasteiger partial charge in [-0.2, -0.15) is 0 Å². The lowest BCUT2D eigenvalue weighted by Gasteiger charge is -2.09. The van der Waals surface area contributed by atoms with Crippen molar-refractivity contribution < 1.29 is 5.11 Å². The summed E-state index contributed by atoms with van der Waals surface area (Å²) in [5, 5.41) is 10.6. The van der Waals surface area contributed by atoms with Gasteiger partial charge in [-0.15, -0.1) is 0 Å². The van der Waals surface area contributed by atoms with Crippen LogP contribution in [-0.2, 0) is 13.2 Å². The Morgan fingerprint density at radius 1 is 1.00 bits per heavy atom. The molecule has 19 heavy (non-hydrogen) atoms. The summed E-state index contributed by atoms with van der Waals surface area (Å²) in [5.41, 5.74) is 4.66. The second kappa shape index (κ2) is 4.90. The normalized spacial score (nSPS) is 11.1. The zero-order valence-corrected chi connectivity index (χ0v) is 11.0. The second-order valence-electron chi connectivity index (χ2n) is 4.94. The van der Waals surface area contributed by atoms with Gasteiger partial charge in [-0.3, -0.25) is 0 Å². The first-order chi connectivity index (χ1) is 9.28. The Labute approximate surface area is 112 Å². The first kappa shape index (κ1) is 12.0. The molecule has 2 aromatic carbocycles. The van der Waals surface area contributed by atoms with Crippen LogP contribution in [0.25, 0.3) is 10.9 Å². The van der Waals surface area contributed by atoms with Gasteiger partial charge in [0.2, 0.25) is 0 Å². The second-order valence-corrected chi connectivity index (χ2v) is 4.94. The van der Waals surface area contributed by atoms with Gasteiger partial charge in [0.1, 0.15) is 0 Å². The van der Waals surface area contributed by atoms with Crippen LogP contribution >= 0.6 is 0 Å². The molecule has 0 amide bonds. The lowest BCUT2D eigenvalue weighted by atomic mass is 10.1. The van der Waals surface area contributed by atoms with Gasteiger partial charge in [0.15, 0.2) is 0 Å². The first-order valence-corrected chi connectivity index (χ1v) is 6.51. The number of benzene rings is 2. The summed E-state index contributed by atoms with van der Waals surface area (Å²) in [6.45, 7) is 3.01. The van der Waals surface area contributed by atoms with Crippen LogP contribution in [0.3, 0.4) is 0 Å². The number of hydrogen-bond donors (Lipinski definition) is 1. The van der Waals surface area contributed by atoms with Crippen LogP contribution < -0.4 is 0 Å². The van der Waals surface area contributed by atoms with Crippen molar-refractivity contribution >= 4 is 10.9 Å². The fraction of sp³-hybridized carbons (Fsp3) is 0.176. The van der Waals surface area contributed by atoms with Gasteiger partial charge in [0, 0.05) is 18.3 Å². The van der Waals surface area contributed by atoms with E-state index >= 15 is 0 Å². The van der Waals surface area contributed by atoms with E-state index in [1.807, 2.05) is 12.1 Å². The number of hydrogen-bond acceptors (Lipinski definition) is 1.